The molecule has 1 aromatic heterocycles. The van der Waals surface area contributed by atoms with Gasteiger partial charge in [0, 0.05) is 19.5 Å². The van der Waals surface area contributed by atoms with Crippen LogP contribution in [0.15, 0.2) is 0 Å². The summed E-state index contributed by atoms with van der Waals surface area (Å²) >= 11 is 0. The lowest BCUT2D eigenvalue weighted by atomic mass is 10.2. The SMILES string of the molecule is Cc1nc(C2CCCN2C(=O)CN2CCCCCC2=O)n[nH]1. The highest BCUT2D eigenvalue weighted by atomic mass is 16.2. The first-order valence-electron chi connectivity index (χ1n) is 8.11. The number of carbonyl (C=O) groups is 2. The van der Waals surface area contributed by atoms with Gasteiger partial charge in [0.15, 0.2) is 5.82 Å². The van der Waals surface area contributed by atoms with Gasteiger partial charge >= 0.3 is 0 Å². The van der Waals surface area contributed by atoms with Crippen molar-refractivity contribution in [2.75, 3.05) is 19.6 Å². The third-order valence-electron chi connectivity index (χ3n) is 4.48. The molecule has 0 aromatic carbocycles. The molecule has 0 spiro atoms. The number of nitrogens with zero attached hydrogens (tertiary/aromatic N) is 4. The second-order valence-electron chi connectivity index (χ2n) is 6.15. The quantitative estimate of drug-likeness (QED) is 0.909. The largest absolute Gasteiger partial charge is 0.333 e. The highest BCUT2D eigenvalue weighted by Crippen LogP contribution is 2.30. The fourth-order valence-corrected chi connectivity index (χ4v) is 3.30. The van der Waals surface area contributed by atoms with Gasteiger partial charge in [0.2, 0.25) is 11.8 Å². The number of aryl methyl sites for hydroxylation is 1. The molecule has 2 saturated heterocycles. The van der Waals surface area contributed by atoms with E-state index in [-0.39, 0.29) is 24.4 Å². The van der Waals surface area contributed by atoms with E-state index in [4.69, 9.17) is 0 Å². The van der Waals surface area contributed by atoms with E-state index >= 15 is 0 Å². The Bertz CT molecular complexity index is 556. The van der Waals surface area contributed by atoms with Gasteiger partial charge in [-0.2, -0.15) is 5.10 Å². The molecule has 2 aliphatic heterocycles. The van der Waals surface area contributed by atoms with Gasteiger partial charge in [-0.05, 0) is 32.6 Å². The van der Waals surface area contributed by atoms with Crippen molar-refractivity contribution < 1.29 is 9.59 Å². The normalized spacial score (nSPS) is 23.0. The average Bonchev–Trinajstić information content (AvgIpc) is 3.09. The number of hydrogen-bond acceptors (Lipinski definition) is 4. The molecule has 1 unspecified atom stereocenters. The minimum atomic E-state index is -0.0560. The van der Waals surface area contributed by atoms with Gasteiger partial charge in [-0.3, -0.25) is 14.7 Å². The molecule has 1 aromatic rings. The summed E-state index contributed by atoms with van der Waals surface area (Å²) in [5, 5.41) is 7.03. The molecule has 7 heteroatoms. The number of hydrogen-bond donors (Lipinski definition) is 1. The van der Waals surface area contributed by atoms with E-state index in [1.807, 2.05) is 11.8 Å². The minimum Gasteiger partial charge on any atom is -0.333 e. The molecular weight excluding hydrogens is 282 g/mol. The zero-order valence-corrected chi connectivity index (χ0v) is 13.0. The van der Waals surface area contributed by atoms with Gasteiger partial charge in [-0.15, -0.1) is 0 Å². The van der Waals surface area contributed by atoms with E-state index in [1.54, 1.807) is 4.90 Å². The second kappa shape index (κ2) is 6.46. The summed E-state index contributed by atoms with van der Waals surface area (Å²) < 4.78 is 0. The molecule has 1 N–H and O–H groups in total. The fourth-order valence-electron chi connectivity index (χ4n) is 3.30. The predicted molar refractivity (Wildman–Crippen MR) is 79.9 cm³/mol. The molecule has 2 fully saturated rings. The van der Waals surface area contributed by atoms with Crippen LogP contribution >= 0.6 is 0 Å². The van der Waals surface area contributed by atoms with Gasteiger partial charge in [-0.1, -0.05) is 6.42 Å². The maximum atomic E-state index is 12.6. The molecule has 3 rings (SSSR count). The van der Waals surface area contributed by atoms with Crippen molar-refractivity contribution in [2.45, 2.75) is 51.5 Å². The van der Waals surface area contributed by atoms with E-state index in [9.17, 15) is 9.59 Å². The lowest BCUT2D eigenvalue weighted by Gasteiger charge is -2.27. The van der Waals surface area contributed by atoms with Crippen molar-refractivity contribution >= 4 is 11.8 Å². The van der Waals surface area contributed by atoms with E-state index < -0.39 is 0 Å². The minimum absolute atomic E-state index is 0.0141. The van der Waals surface area contributed by atoms with Gasteiger partial charge in [0.25, 0.3) is 0 Å². The van der Waals surface area contributed by atoms with E-state index in [0.29, 0.717) is 18.8 Å². The molecule has 0 bridgehead atoms. The maximum absolute atomic E-state index is 12.6. The second-order valence-corrected chi connectivity index (χ2v) is 6.15. The highest BCUT2D eigenvalue weighted by Gasteiger charge is 2.33. The molecule has 2 aliphatic rings. The molecule has 1 atom stereocenters. The standard InChI is InChI=1S/C15H23N5O2/c1-11-16-15(18-17-11)12-6-5-9-20(12)14(22)10-19-8-4-2-3-7-13(19)21/h12H,2-10H2,1H3,(H,16,17,18). The fraction of sp³-hybridized carbons (Fsp3) is 0.733. The van der Waals surface area contributed by atoms with Crippen LogP contribution < -0.4 is 0 Å². The van der Waals surface area contributed by atoms with Crippen molar-refractivity contribution in [1.82, 2.24) is 25.0 Å². The van der Waals surface area contributed by atoms with Crippen molar-refractivity contribution in [1.29, 1.82) is 0 Å². The van der Waals surface area contributed by atoms with E-state index in [0.717, 1.165) is 44.5 Å². The Labute approximate surface area is 130 Å². The summed E-state index contributed by atoms with van der Waals surface area (Å²) in [7, 11) is 0. The number of likely N-dealkylation sites (tertiary alicyclic amines) is 2. The molecular formula is C15H23N5O2. The number of amides is 2. The Kier molecular flexibility index (Phi) is 4.40. The lowest BCUT2D eigenvalue weighted by molar-refractivity contribution is -0.140. The van der Waals surface area contributed by atoms with Crippen LogP contribution in [0.3, 0.4) is 0 Å². The predicted octanol–water partition coefficient (Wildman–Crippen LogP) is 1.18. The smallest absolute Gasteiger partial charge is 0.242 e. The Morgan fingerprint density at radius 3 is 2.91 bits per heavy atom. The Morgan fingerprint density at radius 2 is 2.14 bits per heavy atom. The number of aromatic nitrogens is 3. The number of H-pyrrole nitrogens is 1. The Morgan fingerprint density at radius 1 is 1.27 bits per heavy atom. The monoisotopic (exact) mass is 305 g/mol. The summed E-state index contributed by atoms with van der Waals surface area (Å²) in [5.41, 5.74) is 0. The van der Waals surface area contributed by atoms with Gasteiger partial charge in [0.05, 0.1) is 12.6 Å². The summed E-state index contributed by atoms with van der Waals surface area (Å²) in [6.07, 6.45) is 5.40. The lowest BCUT2D eigenvalue weighted by Crippen LogP contribution is -2.42. The maximum Gasteiger partial charge on any atom is 0.242 e. The van der Waals surface area contributed by atoms with Crippen molar-refractivity contribution in [3.05, 3.63) is 11.6 Å². The van der Waals surface area contributed by atoms with Crippen LogP contribution in [0.4, 0.5) is 0 Å². The molecule has 22 heavy (non-hydrogen) atoms. The van der Waals surface area contributed by atoms with Crippen LogP contribution in [0.25, 0.3) is 0 Å². The van der Waals surface area contributed by atoms with Crippen LogP contribution in [0, 0.1) is 6.92 Å². The third-order valence-corrected chi connectivity index (χ3v) is 4.48. The van der Waals surface area contributed by atoms with Gasteiger partial charge in [-0.25, -0.2) is 4.98 Å². The Balaban J connectivity index is 1.66. The van der Waals surface area contributed by atoms with Crippen LogP contribution in [-0.4, -0.2) is 56.4 Å². The number of nitrogens with one attached hydrogen (secondary N) is 1. The topological polar surface area (TPSA) is 82.2 Å². The van der Waals surface area contributed by atoms with Crippen LogP contribution in [0.5, 0.6) is 0 Å². The van der Waals surface area contributed by atoms with E-state index in [1.165, 1.54) is 0 Å². The molecule has 0 saturated carbocycles. The van der Waals surface area contributed by atoms with Gasteiger partial charge < -0.3 is 9.80 Å². The molecule has 3 heterocycles. The van der Waals surface area contributed by atoms with E-state index in [2.05, 4.69) is 15.2 Å². The van der Waals surface area contributed by atoms with Gasteiger partial charge in [0.1, 0.15) is 5.82 Å². The van der Waals surface area contributed by atoms with Crippen molar-refractivity contribution in [3.8, 4) is 0 Å². The van der Waals surface area contributed by atoms with Crippen molar-refractivity contribution in [2.24, 2.45) is 0 Å². The van der Waals surface area contributed by atoms with Crippen molar-refractivity contribution in [3.63, 3.8) is 0 Å². The van der Waals surface area contributed by atoms with Crippen LogP contribution in [0.1, 0.15) is 56.2 Å². The first-order chi connectivity index (χ1) is 10.6. The number of aromatic amines is 1. The molecule has 120 valence electrons. The first kappa shape index (κ1) is 15.0. The Hall–Kier alpha value is -1.92. The third kappa shape index (κ3) is 3.13. The summed E-state index contributed by atoms with van der Waals surface area (Å²) in [4.78, 5) is 32.6. The summed E-state index contributed by atoms with van der Waals surface area (Å²) in [5.74, 6) is 1.57. The molecule has 2 amide bonds. The van der Waals surface area contributed by atoms with Crippen LogP contribution in [0.2, 0.25) is 0 Å². The molecule has 7 nitrogen and oxygen atoms in total. The molecule has 0 aliphatic carbocycles. The highest BCUT2D eigenvalue weighted by molar-refractivity contribution is 5.85. The zero-order chi connectivity index (χ0) is 15.5. The summed E-state index contributed by atoms with van der Waals surface area (Å²) in [6, 6.07) is -0.0560. The average molecular weight is 305 g/mol. The molecule has 0 radical (unpaired) electrons. The zero-order valence-electron chi connectivity index (χ0n) is 13.0. The number of rotatable bonds is 3. The first-order valence-corrected chi connectivity index (χ1v) is 8.11. The number of carbonyl (C=O) groups excluding carboxylic acids is 2. The van der Waals surface area contributed by atoms with Crippen LogP contribution in [-0.2, 0) is 9.59 Å². The summed E-state index contributed by atoms with van der Waals surface area (Å²) in [6.45, 7) is 3.47.